The second-order valence-corrected chi connectivity index (χ2v) is 3.79. The minimum absolute atomic E-state index is 0.141. The minimum Gasteiger partial charge on any atom is -0.395 e. The molecule has 0 atom stereocenters. The average molecular weight is 259 g/mol. The molecule has 0 saturated heterocycles. The maximum absolute atomic E-state index is 12.2. The van der Waals surface area contributed by atoms with Crippen molar-refractivity contribution in [3.8, 4) is 0 Å². The normalized spacial score (nSPS) is 10.2. The Balaban J connectivity index is 2.31. The molecule has 0 saturated carbocycles. The fourth-order valence-electron chi connectivity index (χ4n) is 1.66. The van der Waals surface area contributed by atoms with Gasteiger partial charge >= 0.3 is 0 Å². The molecule has 6 nitrogen and oxygen atoms in total. The SMILES string of the molecule is O=C(NCCO)c1ccccc1C(=O)c1ncc[nH]1. The third-order valence-electron chi connectivity index (χ3n) is 2.53. The summed E-state index contributed by atoms with van der Waals surface area (Å²) in [6.45, 7) is -0.0118. The van der Waals surface area contributed by atoms with Crippen molar-refractivity contribution in [2.24, 2.45) is 0 Å². The second kappa shape index (κ2) is 5.92. The first-order valence-electron chi connectivity index (χ1n) is 5.76. The molecule has 1 heterocycles. The number of aromatic amines is 1. The third-order valence-corrected chi connectivity index (χ3v) is 2.53. The number of aliphatic hydroxyl groups is 1. The topological polar surface area (TPSA) is 95.1 Å². The molecule has 0 bridgehead atoms. The van der Waals surface area contributed by atoms with Crippen LogP contribution in [0.3, 0.4) is 0 Å². The van der Waals surface area contributed by atoms with Gasteiger partial charge in [-0.15, -0.1) is 0 Å². The monoisotopic (exact) mass is 259 g/mol. The summed E-state index contributed by atoms with van der Waals surface area (Å²) in [5.74, 6) is -0.563. The van der Waals surface area contributed by atoms with Gasteiger partial charge in [-0.1, -0.05) is 18.2 Å². The molecular weight excluding hydrogens is 246 g/mol. The van der Waals surface area contributed by atoms with Crippen LogP contribution in [0.25, 0.3) is 0 Å². The maximum Gasteiger partial charge on any atom is 0.252 e. The zero-order valence-corrected chi connectivity index (χ0v) is 10.1. The van der Waals surface area contributed by atoms with E-state index in [4.69, 9.17) is 5.11 Å². The van der Waals surface area contributed by atoms with Crippen LogP contribution >= 0.6 is 0 Å². The molecule has 1 aromatic carbocycles. The summed E-state index contributed by atoms with van der Waals surface area (Å²) in [4.78, 5) is 30.7. The van der Waals surface area contributed by atoms with Gasteiger partial charge in [-0.3, -0.25) is 9.59 Å². The lowest BCUT2D eigenvalue weighted by Crippen LogP contribution is -2.28. The van der Waals surface area contributed by atoms with Crippen LogP contribution in [0.1, 0.15) is 26.5 Å². The standard InChI is InChI=1S/C13H13N3O3/c17-8-7-16-13(19)10-4-2-1-3-9(10)11(18)12-14-5-6-15-12/h1-6,17H,7-8H2,(H,14,15)(H,16,19). The number of carbonyl (C=O) groups excluding carboxylic acids is 2. The Bertz CT molecular complexity index is 579. The highest BCUT2D eigenvalue weighted by atomic mass is 16.3. The molecule has 0 aliphatic heterocycles. The lowest BCUT2D eigenvalue weighted by Gasteiger charge is -2.07. The van der Waals surface area contributed by atoms with Gasteiger partial charge in [0.15, 0.2) is 5.82 Å². The van der Waals surface area contributed by atoms with Crippen molar-refractivity contribution in [1.82, 2.24) is 15.3 Å². The lowest BCUT2D eigenvalue weighted by molar-refractivity contribution is 0.0933. The molecular formula is C13H13N3O3. The summed E-state index contributed by atoms with van der Waals surface area (Å²) < 4.78 is 0. The Morgan fingerprint density at radius 2 is 2.00 bits per heavy atom. The third kappa shape index (κ3) is 2.86. The fourth-order valence-corrected chi connectivity index (χ4v) is 1.66. The number of hydrogen-bond acceptors (Lipinski definition) is 4. The average Bonchev–Trinajstić information content (AvgIpc) is 2.98. The highest BCUT2D eigenvalue weighted by Gasteiger charge is 2.18. The molecule has 1 amide bonds. The first kappa shape index (κ1) is 13.0. The number of H-pyrrole nitrogens is 1. The van der Waals surface area contributed by atoms with Crippen molar-refractivity contribution in [1.29, 1.82) is 0 Å². The fraction of sp³-hybridized carbons (Fsp3) is 0.154. The molecule has 6 heteroatoms. The predicted molar refractivity (Wildman–Crippen MR) is 67.9 cm³/mol. The molecule has 1 aromatic heterocycles. The Labute approximate surface area is 109 Å². The van der Waals surface area contributed by atoms with Gasteiger partial charge in [0.1, 0.15) is 0 Å². The van der Waals surface area contributed by atoms with Gasteiger partial charge in [0.25, 0.3) is 5.91 Å². The first-order valence-corrected chi connectivity index (χ1v) is 5.76. The van der Waals surface area contributed by atoms with Crippen molar-refractivity contribution in [2.75, 3.05) is 13.2 Å². The molecule has 0 aliphatic carbocycles. The number of aliphatic hydroxyl groups excluding tert-OH is 1. The van der Waals surface area contributed by atoms with Crippen molar-refractivity contribution >= 4 is 11.7 Å². The summed E-state index contributed by atoms with van der Waals surface area (Å²) in [5, 5.41) is 11.2. The Hall–Kier alpha value is -2.47. The number of imidazole rings is 1. The van der Waals surface area contributed by atoms with Crippen LogP contribution in [0.4, 0.5) is 0 Å². The van der Waals surface area contributed by atoms with Gasteiger partial charge in [-0.05, 0) is 6.07 Å². The molecule has 0 unspecified atom stereocenters. The van der Waals surface area contributed by atoms with E-state index in [1.165, 1.54) is 6.20 Å². The van der Waals surface area contributed by atoms with E-state index in [2.05, 4.69) is 15.3 Å². The van der Waals surface area contributed by atoms with Gasteiger partial charge in [0.05, 0.1) is 12.2 Å². The zero-order chi connectivity index (χ0) is 13.7. The van der Waals surface area contributed by atoms with Gasteiger partial charge in [-0.2, -0.15) is 0 Å². The van der Waals surface area contributed by atoms with Crippen molar-refractivity contribution < 1.29 is 14.7 Å². The van der Waals surface area contributed by atoms with E-state index in [0.717, 1.165) is 0 Å². The van der Waals surface area contributed by atoms with Gasteiger partial charge in [0, 0.05) is 24.5 Å². The Kier molecular flexibility index (Phi) is 4.04. The summed E-state index contributed by atoms with van der Waals surface area (Å²) in [7, 11) is 0. The number of carbonyl (C=O) groups is 2. The molecule has 0 fully saturated rings. The van der Waals surface area contributed by atoms with E-state index in [9.17, 15) is 9.59 Å². The molecule has 0 radical (unpaired) electrons. The quantitative estimate of drug-likeness (QED) is 0.676. The number of aromatic nitrogens is 2. The zero-order valence-electron chi connectivity index (χ0n) is 10.1. The predicted octanol–water partition coefficient (Wildman–Crippen LogP) is 0.363. The lowest BCUT2D eigenvalue weighted by atomic mass is 10.0. The first-order chi connectivity index (χ1) is 9.24. The number of nitrogens with one attached hydrogen (secondary N) is 2. The highest BCUT2D eigenvalue weighted by Crippen LogP contribution is 2.12. The summed E-state index contributed by atoms with van der Waals surface area (Å²) >= 11 is 0. The van der Waals surface area contributed by atoms with Crippen LogP contribution in [-0.2, 0) is 0 Å². The van der Waals surface area contributed by atoms with Crippen molar-refractivity contribution in [2.45, 2.75) is 0 Å². The number of benzene rings is 1. The van der Waals surface area contributed by atoms with Crippen LogP contribution < -0.4 is 5.32 Å². The molecule has 2 aromatic rings. The Morgan fingerprint density at radius 1 is 1.26 bits per heavy atom. The second-order valence-electron chi connectivity index (χ2n) is 3.79. The number of rotatable bonds is 5. The molecule has 19 heavy (non-hydrogen) atoms. The highest BCUT2D eigenvalue weighted by molar-refractivity contribution is 6.13. The van der Waals surface area contributed by atoms with Crippen molar-refractivity contribution in [3.63, 3.8) is 0 Å². The van der Waals surface area contributed by atoms with E-state index in [1.807, 2.05) is 0 Å². The molecule has 2 rings (SSSR count). The minimum atomic E-state index is -0.399. The summed E-state index contributed by atoms with van der Waals surface area (Å²) in [6, 6.07) is 6.48. The Morgan fingerprint density at radius 3 is 2.63 bits per heavy atom. The van der Waals surface area contributed by atoms with E-state index in [0.29, 0.717) is 0 Å². The van der Waals surface area contributed by atoms with Crippen LogP contribution in [0, 0.1) is 0 Å². The van der Waals surface area contributed by atoms with Crippen LogP contribution in [0.2, 0.25) is 0 Å². The molecule has 0 spiro atoms. The van der Waals surface area contributed by atoms with Crippen LogP contribution in [0.15, 0.2) is 36.7 Å². The largest absolute Gasteiger partial charge is 0.395 e. The molecule has 98 valence electrons. The molecule has 0 aliphatic rings. The summed E-state index contributed by atoms with van der Waals surface area (Å²) in [6.07, 6.45) is 3.02. The number of ketones is 1. The number of nitrogens with zero attached hydrogens (tertiary/aromatic N) is 1. The summed E-state index contributed by atoms with van der Waals surface area (Å²) in [5.41, 5.74) is 0.533. The van der Waals surface area contributed by atoms with Gasteiger partial charge < -0.3 is 15.4 Å². The maximum atomic E-state index is 12.2. The van der Waals surface area contributed by atoms with Gasteiger partial charge in [-0.25, -0.2) is 4.98 Å². The van der Waals surface area contributed by atoms with Crippen molar-refractivity contribution in [3.05, 3.63) is 53.6 Å². The van der Waals surface area contributed by atoms with E-state index in [1.54, 1.807) is 30.5 Å². The van der Waals surface area contributed by atoms with Crippen LogP contribution in [0.5, 0.6) is 0 Å². The van der Waals surface area contributed by atoms with E-state index < -0.39 is 5.91 Å². The number of hydrogen-bond donors (Lipinski definition) is 3. The van der Waals surface area contributed by atoms with E-state index in [-0.39, 0.29) is 35.9 Å². The van der Waals surface area contributed by atoms with Crippen LogP contribution in [-0.4, -0.2) is 39.9 Å². The molecule has 3 N–H and O–H groups in total. The smallest absolute Gasteiger partial charge is 0.252 e. The van der Waals surface area contributed by atoms with E-state index >= 15 is 0 Å². The number of amides is 1. The van der Waals surface area contributed by atoms with Gasteiger partial charge in [0.2, 0.25) is 5.78 Å².